The largest absolute Gasteiger partial charge is 0.287 e. The molecule has 23 heavy (non-hydrogen) atoms. The van der Waals surface area contributed by atoms with Crippen molar-refractivity contribution in [3.8, 4) is 0 Å². The number of benzene rings is 2. The Morgan fingerprint density at radius 2 is 1.83 bits per heavy atom. The van der Waals surface area contributed by atoms with Gasteiger partial charge in [0.15, 0.2) is 0 Å². The normalized spacial score (nSPS) is 19.3. The summed E-state index contributed by atoms with van der Waals surface area (Å²) in [7, 11) is 0. The van der Waals surface area contributed by atoms with Gasteiger partial charge >= 0.3 is 0 Å². The lowest BCUT2D eigenvalue weighted by Gasteiger charge is -2.20. The number of fused-ring (bicyclic) bond motifs is 1. The Labute approximate surface area is 137 Å². The van der Waals surface area contributed by atoms with E-state index >= 15 is 0 Å². The van der Waals surface area contributed by atoms with Crippen LogP contribution in [-0.2, 0) is 10.2 Å². The fraction of sp³-hybridized carbons (Fsp3) is 0.350. The average molecular weight is 308 g/mol. The molecule has 0 unspecified atom stereocenters. The molecule has 0 radical (unpaired) electrons. The Morgan fingerprint density at radius 3 is 2.43 bits per heavy atom. The van der Waals surface area contributed by atoms with E-state index in [0.717, 1.165) is 11.1 Å². The maximum Gasteiger partial charge on any atom is 0.263 e. The molecule has 1 aliphatic heterocycles. The number of hydrogen-bond acceptors (Lipinski definition) is 2. The summed E-state index contributed by atoms with van der Waals surface area (Å²) in [5.74, 6) is -0.0571. The molecular weight excluding hydrogens is 284 g/mol. The molecule has 3 heteroatoms. The van der Waals surface area contributed by atoms with E-state index in [1.807, 2.05) is 19.9 Å². The van der Waals surface area contributed by atoms with Gasteiger partial charge in [-0.1, -0.05) is 57.2 Å². The van der Waals surface area contributed by atoms with Crippen LogP contribution in [0.15, 0.2) is 42.0 Å². The van der Waals surface area contributed by atoms with Crippen molar-refractivity contribution in [3.63, 3.8) is 0 Å². The molecule has 3 nitrogen and oxygen atoms in total. The standard InChI is InChI=1S/C20H24N2O/c1-19(2,3)15-9-10-16-13(11-15)7-6-8-14(16)12-17-18(23)21-22-20(17,4)5/h6-12,22H,1-5H3,(H,21,23)/b17-12+. The SMILES string of the molecule is CC1(C)NNC(=O)/C1=C\c1cccc2cc(C(C)(C)C)ccc12. The molecule has 0 aliphatic carbocycles. The van der Waals surface area contributed by atoms with Gasteiger partial charge in [-0.3, -0.25) is 10.2 Å². The number of hydrazine groups is 1. The van der Waals surface area contributed by atoms with Crippen molar-refractivity contribution in [2.24, 2.45) is 0 Å². The molecular formula is C20H24N2O. The van der Waals surface area contributed by atoms with Crippen molar-refractivity contribution < 1.29 is 4.79 Å². The van der Waals surface area contributed by atoms with Gasteiger partial charge < -0.3 is 0 Å². The number of hydrogen-bond donors (Lipinski definition) is 2. The third kappa shape index (κ3) is 2.89. The van der Waals surface area contributed by atoms with Crippen molar-refractivity contribution in [2.75, 3.05) is 0 Å². The van der Waals surface area contributed by atoms with Gasteiger partial charge in [-0.15, -0.1) is 0 Å². The molecule has 2 aromatic carbocycles. The molecule has 1 aliphatic rings. The third-order valence-corrected chi connectivity index (χ3v) is 4.49. The molecule has 1 amide bonds. The van der Waals surface area contributed by atoms with Crippen LogP contribution < -0.4 is 10.9 Å². The second-order valence-electron chi connectivity index (χ2n) is 7.80. The lowest BCUT2D eigenvalue weighted by molar-refractivity contribution is -0.116. The molecule has 0 bridgehead atoms. The van der Waals surface area contributed by atoms with Gasteiger partial charge in [-0.05, 0) is 47.2 Å². The molecule has 0 spiro atoms. The van der Waals surface area contributed by atoms with Crippen molar-refractivity contribution in [3.05, 3.63) is 53.1 Å². The van der Waals surface area contributed by atoms with E-state index in [4.69, 9.17) is 0 Å². The highest BCUT2D eigenvalue weighted by Crippen LogP contribution is 2.30. The Bertz CT molecular complexity index is 810. The summed E-state index contributed by atoms with van der Waals surface area (Å²) in [5.41, 5.74) is 8.62. The molecule has 3 rings (SSSR count). The van der Waals surface area contributed by atoms with Crippen LogP contribution in [0, 0.1) is 0 Å². The van der Waals surface area contributed by atoms with Crippen LogP contribution in [0.3, 0.4) is 0 Å². The minimum absolute atomic E-state index is 0.0571. The van der Waals surface area contributed by atoms with Crippen LogP contribution in [0.25, 0.3) is 16.8 Å². The van der Waals surface area contributed by atoms with Gasteiger partial charge in [0, 0.05) is 5.57 Å². The van der Waals surface area contributed by atoms with E-state index in [1.54, 1.807) is 0 Å². The molecule has 1 saturated heterocycles. The lowest BCUT2D eigenvalue weighted by Crippen LogP contribution is -2.38. The highest BCUT2D eigenvalue weighted by atomic mass is 16.2. The Kier molecular flexibility index (Phi) is 3.56. The predicted octanol–water partition coefficient (Wildman–Crippen LogP) is 3.93. The molecule has 120 valence electrons. The summed E-state index contributed by atoms with van der Waals surface area (Å²) in [5, 5.41) is 2.37. The first-order valence-corrected chi connectivity index (χ1v) is 8.01. The van der Waals surface area contributed by atoms with Crippen molar-refractivity contribution in [1.29, 1.82) is 0 Å². The zero-order valence-corrected chi connectivity index (χ0v) is 14.4. The Hall–Kier alpha value is -2.13. The minimum atomic E-state index is -0.370. The van der Waals surface area contributed by atoms with Crippen LogP contribution in [0.4, 0.5) is 0 Å². The van der Waals surface area contributed by atoms with E-state index in [9.17, 15) is 4.79 Å². The summed E-state index contributed by atoms with van der Waals surface area (Å²) >= 11 is 0. The van der Waals surface area contributed by atoms with E-state index in [2.05, 4.69) is 68.0 Å². The van der Waals surface area contributed by atoms with E-state index in [0.29, 0.717) is 0 Å². The first-order chi connectivity index (χ1) is 10.7. The lowest BCUT2D eigenvalue weighted by atomic mass is 9.85. The summed E-state index contributed by atoms with van der Waals surface area (Å²) in [6.07, 6.45) is 1.99. The smallest absolute Gasteiger partial charge is 0.263 e. The molecule has 0 atom stereocenters. The zero-order valence-electron chi connectivity index (χ0n) is 14.4. The minimum Gasteiger partial charge on any atom is -0.287 e. The average Bonchev–Trinajstić information content (AvgIpc) is 2.73. The number of nitrogens with one attached hydrogen (secondary N) is 2. The van der Waals surface area contributed by atoms with Crippen LogP contribution in [-0.4, -0.2) is 11.4 Å². The number of amides is 1. The Morgan fingerprint density at radius 1 is 1.09 bits per heavy atom. The molecule has 1 heterocycles. The molecule has 1 fully saturated rings. The second kappa shape index (κ2) is 5.20. The monoisotopic (exact) mass is 308 g/mol. The van der Waals surface area contributed by atoms with Gasteiger partial charge in [0.25, 0.3) is 5.91 Å². The quantitative estimate of drug-likeness (QED) is 0.784. The van der Waals surface area contributed by atoms with Gasteiger partial charge in [0.1, 0.15) is 0 Å². The summed E-state index contributed by atoms with van der Waals surface area (Å²) in [4.78, 5) is 12.1. The first kappa shape index (κ1) is 15.8. The number of rotatable bonds is 1. The topological polar surface area (TPSA) is 41.1 Å². The number of carbonyl (C=O) groups excluding carboxylic acids is 1. The molecule has 0 aromatic heterocycles. The highest BCUT2D eigenvalue weighted by Gasteiger charge is 2.34. The predicted molar refractivity (Wildman–Crippen MR) is 96.0 cm³/mol. The third-order valence-electron chi connectivity index (χ3n) is 4.49. The van der Waals surface area contributed by atoms with E-state index < -0.39 is 0 Å². The van der Waals surface area contributed by atoms with Crippen LogP contribution in [0.2, 0.25) is 0 Å². The maximum absolute atomic E-state index is 12.1. The van der Waals surface area contributed by atoms with E-state index in [1.165, 1.54) is 16.3 Å². The van der Waals surface area contributed by atoms with Crippen LogP contribution in [0.5, 0.6) is 0 Å². The van der Waals surface area contributed by atoms with Crippen molar-refractivity contribution >= 4 is 22.8 Å². The fourth-order valence-corrected chi connectivity index (χ4v) is 2.93. The zero-order chi connectivity index (χ0) is 16.8. The van der Waals surface area contributed by atoms with Crippen molar-refractivity contribution in [2.45, 2.75) is 45.6 Å². The summed E-state index contributed by atoms with van der Waals surface area (Å²) < 4.78 is 0. The molecule has 0 saturated carbocycles. The highest BCUT2D eigenvalue weighted by molar-refractivity contribution is 6.04. The second-order valence-corrected chi connectivity index (χ2v) is 7.80. The molecule has 2 aromatic rings. The summed E-state index contributed by atoms with van der Waals surface area (Å²) in [6, 6.07) is 12.8. The van der Waals surface area contributed by atoms with Gasteiger partial charge in [0.05, 0.1) is 5.54 Å². The van der Waals surface area contributed by atoms with Crippen LogP contribution >= 0.6 is 0 Å². The van der Waals surface area contributed by atoms with Gasteiger partial charge in [-0.25, -0.2) is 5.43 Å². The first-order valence-electron chi connectivity index (χ1n) is 8.01. The van der Waals surface area contributed by atoms with E-state index in [-0.39, 0.29) is 16.9 Å². The maximum atomic E-state index is 12.1. The summed E-state index contributed by atoms with van der Waals surface area (Å²) in [6.45, 7) is 10.7. The van der Waals surface area contributed by atoms with Crippen LogP contribution in [0.1, 0.15) is 45.7 Å². The van der Waals surface area contributed by atoms with Gasteiger partial charge in [-0.2, -0.15) is 0 Å². The number of carbonyl (C=O) groups is 1. The van der Waals surface area contributed by atoms with Gasteiger partial charge in [0.2, 0.25) is 0 Å². The van der Waals surface area contributed by atoms with Crippen molar-refractivity contribution in [1.82, 2.24) is 10.9 Å². The fourth-order valence-electron chi connectivity index (χ4n) is 2.93. The Balaban J connectivity index is 2.14. The molecule has 2 N–H and O–H groups in total.